The lowest BCUT2D eigenvalue weighted by molar-refractivity contribution is -0.120. The van der Waals surface area contributed by atoms with Gasteiger partial charge in [0.05, 0.1) is 11.9 Å². The van der Waals surface area contributed by atoms with Crippen LogP contribution in [0.5, 0.6) is 5.88 Å². The van der Waals surface area contributed by atoms with Crippen LogP contribution in [0.15, 0.2) is 53.6 Å². The number of aromatic nitrogens is 1. The number of nitrogens with one attached hydrogen (secondary N) is 1. The molecule has 1 aromatic carbocycles. The smallest absolute Gasteiger partial charge is 0.233 e. The fourth-order valence-corrected chi connectivity index (χ4v) is 2.82. The van der Waals surface area contributed by atoms with E-state index >= 15 is 0 Å². The number of benzene rings is 1. The van der Waals surface area contributed by atoms with Crippen molar-refractivity contribution in [2.75, 3.05) is 6.61 Å². The molecule has 0 aliphatic heterocycles. The van der Waals surface area contributed by atoms with E-state index in [0.717, 1.165) is 10.5 Å². The van der Waals surface area contributed by atoms with Crippen LogP contribution in [-0.4, -0.2) is 22.7 Å². The molecule has 22 heavy (non-hydrogen) atoms. The van der Waals surface area contributed by atoms with E-state index in [-0.39, 0.29) is 11.2 Å². The van der Waals surface area contributed by atoms with Gasteiger partial charge in [0.1, 0.15) is 0 Å². The van der Waals surface area contributed by atoms with Gasteiger partial charge in [-0.2, -0.15) is 0 Å². The second-order valence-electron chi connectivity index (χ2n) is 4.69. The number of thioether (sulfide) groups is 1. The zero-order chi connectivity index (χ0) is 15.8. The number of hydrogen-bond acceptors (Lipinski definition) is 4. The van der Waals surface area contributed by atoms with Gasteiger partial charge in [0.25, 0.3) is 0 Å². The van der Waals surface area contributed by atoms with E-state index in [1.165, 1.54) is 0 Å². The SMILES string of the molecule is CCOc1ncccc1CNC(=O)C(C)Sc1ccccc1. The lowest BCUT2D eigenvalue weighted by Crippen LogP contribution is -2.30. The zero-order valence-corrected chi connectivity index (χ0v) is 13.6. The lowest BCUT2D eigenvalue weighted by Gasteiger charge is -2.13. The van der Waals surface area contributed by atoms with Crippen molar-refractivity contribution in [1.82, 2.24) is 10.3 Å². The first-order valence-corrected chi connectivity index (χ1v) is 8.14. The number of carbonyl (C=O) groups excluding carboxylic acids is 1. The lowest BCUT2D eigenvalue weighted by atomic mass is 10.2. The summed E-state index contributed by atoms with van der Waals surface area (Å²) in [5.74, 6) is 0.578. The molecule has 0 bridgehead atoms. The van der Waals surface area contributed by atoms with Crippen molar-refractivity contribution < 1.29 is 9.53 Å². The van der Waals surface area contributed by atoms with Crippen LogP contribution in [0.25, 0.3) is 0 Å². The molecule has 0 spiro atoms. The number of pyridine rings is 1. The Morgan fingerprint density at radius 2 is 2.05 bits per heavy atom. The molecule has 2 aromatic rings. The van der Waals surface area contributed by atoms with Crippen LogP contribution < -0.4 is 10.1 Å². The molecular formula is C17H20N2O2S. The molecule has 5 heteroatoms. The Morgan fingerprint density at radius 3 is 2.77 bits per heavy atom. The maximum atomic E-state index is 12.2. The fourth-order valence-electron chi connectivity index (χ4n) is 1.91. The minimum atomic E-state index is -0.158. The number of rotatable bonds is 7. The van der Waals surface area contributed by atoms with Crippen LogP contribution in [0.2, 0.25) is 0 Å². The van der Waals surface area contributed by atoms with Crippen molar-refractivity contribution in [3.05, 3.63) is 54.2 Å². The van der Waals surface area contributed by atoms with Gasteiger partial charge in [-0.1, -0.05) is 24.3 Å². The maximum Gasteiger partial charge on any atom is 0.233 e. The van der Waals surface area contributed by atoms with E-state index in [4.69, 9.17) is 4.74 Å². The number of amides is 1. The largest absolute Gasteiger partial charge is 0.478 e. The summed E-state index contributed by atoms with van der Waals surface area (Å²) in [5, 5.41) is 2.78. The highest BCUT2D eigenvalue weighted by Crippen LogP contribution is 2.23. The molecule has 0 fully saturated rings. The first-order chi connectivity index (χ1) is 10.7. The highest BCUT2D eigenvalue weighted by Gasteiger charge is 2.14. The summed E-state index contributed by atoms with van der Waals surface area (Å²) in [6, 6.07) is 13.7. The van der Waals surface area contributed by atoms with Gasteiger partial charge in [0.2, 0.25) is 11.8 Å². The topological polar surface area (TPSA) is 51.2 Å². The highest BCUT2D eigenvalue weighted by atomic mass is 32.2. The molecule has 0 saturated carbocycles. The average molecular weight is 316 g/mol. The molecule has 0 radical (unpaired) electrons. The van der Waals surface area contributed by atoms with Gasteiger partial charge in [0.15, 0.2) is 0 Å². The van der Waals surface area contributed by atoms with E-state index in [0.29, 0.717) is 19.0 Å². The first-order valence-electron chi connectivity index (χ1n) is 7.26. The third kappa shape index (κ3) is 4.77. The highest BCUT2D eigenvalue weighted by molar-refractivity contribution is 8.00. The Bertz CT molecular complexity index is 605. The second-order valence-corrected chi connectivity index (χ2v) is 6.11. The summed E-state index contributed by atoms with van der Waals surface area (Å²) in [5.41, 5.74) is 0.884. The fraction of sp³-hybridized carbons (Fsp3) is 0.294. The van der Waals surface area contributed by atoms with Gasteiger partial charge in [0, 0.05) is 23.2 Å². The van der Waals surface area contributed by atoms with E-state index in [1.807, 2.05) is 56.3 Å². The zero-order valence-electron chi connectivity index (χ0n) is 12.8. The molecular weight excluding hydrogens is 296 g/mol. The van der Waals surface area contributed by atoms with Crippen LogP contribution in [0.3, 0.4) is 0 Å². The number of ether oxygens (including phenoxy) is 1. The summed E-state index contributed by atoms with van der Waals surface area (Å²) in [6.07, 6.45) is 1.68. The third-order valence-corrected chi connectivity index (χ3v) is 4.12. The van der Waals surface area contributed by atoms with Crippen LogP contribution in [0.1, 0.15) is 19.4 Å². The van der Waals surface area contributed by atoms with Crippen molar-refractivity contribution in [2.24, 2.45) is 0 Å². The molecule has 0 aliphatic rings. The third-order valence-electron chi connectivity index (χ3n) is 3.01. The van der Waals surface area contributed by atoms with Crippen molar-refractivity contribution in [3.63, 3.8) is 0 Å². The number of nitrogens with zero attached hydrogens (tertiary/aromatic N) is 1. The number of carbonyl (C=O) groups is 1. The average Bonchev–Trinajstić information content (AvgIpc) is 2.55. The van der Waals surface area contributed by atoms with E-state index in [2.05, 4.69) is 10.3 Å². The maximum absolute atomic E-state index is 12.2. The molecule has 4 nitrogen and oxygen atoms in total. The monoisotopic (exact) mass is 316 g/mol. The summed E-state index contributed by atoms with van der Waals surface area (Å²) in [6.45, 7) is 4.79. The van der Waals surface area contributed by atoms with Crippen molar-refractivity contribution >= 4 is 17.7 Å². The van der Waals surface area contributed by atoms with Gasteiger partial charge >= 0.3 is 0 Å². The van der Waals surface area contributed by atoms with Crippen molar-refractivity contribution in [3.8, 4) is 5.88 Å². The Labute approximate surface area is 135 Å². The van der Waals surface area contributed by atoms with Gasteiger partial charge in [-0.05, 0) is 32.0 Å². The molecule has 2 rings (SSSR count). The number of hydrogen-bond donors (Lipinski definition) is 1. The molecule has 0 aliphatic carbocycles. The van der Waals surface area contributed by atoms with Crippen molar-refractivity contribution in [1.29, 1.82) is 0 Å². The van der Waals surface area contributed by atoms with Gasteiger partial charge in [-0.15, -0.1) is 11.8 Å². The Balaban J connectivity index is 1.89. The minimum Gasteiger partial charge on any atom is -0.478 e. The molecule has 0 saturated heterocycles. The van der Waals surface area contributed by atoms with Crippen LogP contribution in [-0.2, 0) is 11.3 Å². The standard InChI is InChI=1S/C17H20N2O2S/c1-3-21-17-14(8-7-11-18-17)12-19-16(20)13(2)22-15-9-5-4-6-10-15/h4-11,13H,3,12H2,1-2H3,(H,19,20). The van der Waals surface area contributed by atoms with Gasteiger partial charge in [-0.3, -0.25) is 4.79 Å². The Kier molecular flexibility index (Phi) is 6.27. The van der Waals surface area contributed by atoms with Gasteiger partial charge in [-0.25, -0.2) is 4.98 Å². The summed E-state index contributed by atoms with van der Waals surface area (Å²) in [4.78, 5) is 17.5. The molecule has 116 valence electrons. The van der Waals surface area contributed by atoms with Crippen molar-refractivity contribution in [2.45, 2.75) is 30.5 Å². The quantitative estimate of drug-likeness (QED) is 0.797. The van der Waals surface area contributed by atoms with Crippen LogP contribution >= 0.6 is 11.8 Å². The molecule has 1 atom stereocenters. The second kappa shape index (κ2) is 8.44. The predicted molar refractivity (Wildman–Crippen MR) is 89.0 cm³/mol. The minimum absolute atomic E-state index is 0.000143. The summed E-state index contributed by atoms with van der Waals surface area (Å²) >= 11 is 1.54. The molecule has 1 N–H and O–H groups in total. The first kappa shape index (κ1) is 16.4. The van der Waals surface area contributed by atoms with Crippen LogP contribution in [0, 0.1) is 0 Å². The summed E-state index contributed by atoms with van der Waals surface area (Å²) in [7, 11) is 0. The normalized spacial score (nSPS) is 11.7. The predicted octanol–water partition coefficient (Wildman–Crippen LogP) is 3.28. The molecule has 1 aromatic heterocycles. The van der Waals surface area contributed by atoms with Gasteiger partial charge < -0.3 is 10.1 Å². The Morgan fingerprint density at radius 1 is 1.27 bits per heavy atom. The van der Waals surface area contributed by atoms with E-state index < -0.39 is 0 Å². The Hall–Kier alpha value is -2.01. The van der Waals surface area contributed by atoms with E-state index in [1.54, 1.807) is 18.0 Å². The van der Waals surface area contributed by atoms with Crippen LogP contribution in [0.4, 0.5) is 0 Å². The summed E-state index contributed by atoms with van der Waals surface area (Å²) < 4.78 is 5.46. The molecule has 1 amide bonds. The molecule has 1 unspecified atom stereocenters. The molecule has 1 heterocycles. The van der Waals surface area contributed by atoms with E-state index in [9.17, 15) is 4.79 Å².